The van der Waals surface area contributed by atoms with Crippen LogP contribution in [-0.4, -0.2) is 31.1 Å². The minimum absolute atomic E-state index is 0.0150. The van der Waals surface area contributed by atoms with E-state index in [1.165, 1.54) is 5.56 Å². The summed E-state index contributed by atoms with van der Waals surface area (Å²) in [7, 11) is 0. The number of piperidine rings is 1. The van der Waals surface area contributed by atoms with E-state index in [2.05, 4.69) is 51.2 Å². The highest BCUT2D eigenvalue weighted by Gasteiger charge is 2.24. The fourth-order valence-corrected chi connectivity index (χ4v) is 4.91. The third-order valence-corrected chi connectivity index (χ3v) is 7.09. The fraction of sp³-hybridized carbons (Fsp3) is 0.355. The largest absolute Gasteiger partial charge is 0.371 e. The van der Waals surface area contributed by atoms with Crippen molar-refractivity contribution < 1.29 is 9.59 Å². The maximum atomic E-state index is 13.2. The lowest BCUT2D eigenvalue weighted by molar-refractivity contribution is 0.0943. The summed E-state index contributed by atoms with van der Waals surface area (Å²) in [6.07, 6.45) is 3.25. The molecule has 1 fully saturated rings. The molecule has 0 saturated carbocycles. The highest BCUT2D eigenvalue weighted by atomic mass is 16.2. The van der Waals surface area contributed by atoms with Gasteiger partial charge in [0.1, 0.15) is 0 Å². The van der Waals surface area contributed by atoms with Gasteiger partial charge in [-0.05, 0) is 93.8 Å². The van der Waals surface area contributed by atoms with Crippen LogP contribution in [-0.2, 0) is 6.42 Å². The molecule has 3 aromatic carbocycles. The molecular formula is C31H38N4O2. The van der Waals surface area contributed by atoms with Crippen molar-refractivity contribution in [3.05, 3.63) is 89.0 Å². The Morgan fingerprint density at radius 2 is 1.65 bits per heavy atom. The first-order chi connectivity index (χ1) is 17.8. The number of urea groups is 1. The van der Waals surface area contributed by atoms with Crippen molar-refractivity contribution in [2.75, 3.05) is 28.6 Å². The third kappa shape index (κ3) is 6.91. The molecule has 1 aliphatic heterocycles. The van der Waals surface area contributed by atoms with Gasteiger partial charge < -0.3 is 20.9 Å². The van der Waals surface area contributed by atoms with E-state index in [1.807, 2.05) is 58.0 Å². The van der Waals surface area contributed by atoms with Gasteiger partial charge in [0.15, 0.2) is 0 Å². The van der Waals surface area contributed by atoms with Gasteiger partial charge in [0.05, 0.1) is 5.56 Å². The molecule has 0 bridgehead atoms. The Labute approximate surface area is 220 Å². The maximum absolute atomic E-state index is 13.2. The molecule has 0 atom stereocenters. The predicted molar refractivity (Wildman–Crippen MR) is 153 cm³/mol. The summed E-state index contributed by atoms with van der Waals surface area (Å²) in [6.45, 7) is 9.70. The Bertz CT molecular complexity index is 1230. The smallest absolute Gasteiger partial charge is 0.323 e. The van der Waals surface area contributed by atoms with Crippen molar-refractivity contribution >= 4 is 29.0 Å². The summed E-state index contributed by atoms with van der Waals surface area (Å²) >= 11 is 0. The molecule has 0 aliphatic carbocycles. The van der Waals surface area contributed by atoms with E-state index in [4.69, 9.17) is 0 Å². The van der Waals surface area contributed by atoms with Crippen LogP contribution in [0.2, 0.25) is 0 Å². The molecule has 3 aromatic rings. The van der Waals surface area contributed by atoms with Crippen molar-refractivity contribution in [1.29, 1.82) is 0 Å². The molecule has 0 radical (unpaired) electrons. The summed E-state index contributed by atoms with van der Waals surface area (Å²) in [6, 6.07) is 21.8. The molecule has 0 aromatic heterocycles. The van der Waals surface area contributed by atoms with E-state index in [-0.39, 0.29) is 18.0 Å². The maximum Gasteiger partial charge on any atom is 0.323 e. The van der Waals surface area contributed by atoms with Gasteiger partial charge in [-0.2, -0.15) is 0 Å². The molecular weight excluding hydrogens is 460 g/mol. The van der Waals surface area contributed by atoms with Crippen LogP contribution in [0.5, 0.6) is 0 Å². The van der Waals surface area contributed by atoms with Gasteiger partial charge in [-0.3, -0.25) is 4.79 Å². The molecule has 3 amide bonds. The highest BCUT2D eigenvalue weighted by Crippen LogP contribution is 2.30. The number of amides is 3. The van der Waals surface area contributed by atoms with Gasteiger partial charge in [-0.25, -0.2) is 4.79 Å². The normalized spacial score (nSPS) is 13.9. The topological polar surface area (TPSA) is 73.5 Å². The molecule has 1 heterocycles. The Morgan fingerprint density at radius 1 is 0.919 bits per heavy atom. The minimum Gasteiger partial charge on any atom is -0.371 e. The number of carbonyl (C=O) groups is 2. The molecule has 0 spiro atoms. The Balaban J connectivity index is 1.47. The number of nitrogens with one attached hydrogen (secondary N) is 3. The van der Waals surface area contributed by atoms with Crippen LogP contribution < -0.4 is 20.9 Å². The summed E-state index contributed by atoms with van der Waals surface area (Å²) in [4.78, 5) is 28.2. The molecule has 6 nitrogen and oxygen atoms in total. The lowest BCUT2D eigenvalue weighted by atomic mass is 9.89. The Morgan fingerprint density at radius 3 is 2.35 bits per heavy atom. The average Bonchev–Trinajstić information content (AvgIpc) is 2.87. The molecule has 1 saturated heterocycles. The lowest BCUT2D eigenvalue weighted by Crippen LogP contribution is -2.37. The Hall–Kier alpha value is -3.80. The van der Waals surface area contributed by atoms with Crippen molar-refractivity contribution in [3.8, 4) is 0 Å². The molecule has 0 unspecified atom stereocenters. The van der Waals surface area contributed by atoms with Crippen molar-refractivity contribution in [2.24, 2.45) is 5.92 Å². The highest BCUT2D eigenvalue weighted by molar-refractivity contribution is 6.04. The van der Waals surface area contributed by atoms with E-state index in [0.29, 0.717) is 17.2 Å². The minimum atomic E-state index is -0.335. The SMILES string of the molecule is Cc1cccc(NC(=O)Nc2ccc(N3CCC(Cc4ccccc4)CC3)c(C(=O)NC(C)C)c2)c1C. The fourth-order valence-electron chi connectivity index (χ4n) is 4.91. The van der Waals surface area contributed by atoms with Gasteiger partial charge in [-0.1, -0.05) is 42.5 Å². The molecule has 194 valence electrons. The first kappa shape index (κ1) is 26.3. The van der Waals surface area contributed by atoms with Crippen LogP contribution in [0, 0.1) is 19.8 Å². The zero-order valence-electron chi connectivity index (χ0n) is 22.3. The van der Waals surface area contributed by atoms with Gasteiger partial charge in [0.2, 0.25) is 0 Å². The summed E-state index contributed by atoms with van der Waals surface area (Å²) in [5.74, 6) is 0.510. The number of carbonyl (C=O) groups excluding carboxylic acids is 2. The predicted octanol–water partition coefficient (Wildman–Crippen LogP) is 6.54. The lowest BCUT2D eigenvalue weighted by Gasteiger charge is -2.35. The first-order valence-corrected chi connectivity index (χ1v) is 13.2. The number of hydrogen-bond donors (Lipinski definition) is 3. The van der Waals surface area contributed by atoms with Crippen LogP contribution in [0.4, 0.5) is 21.9 Å². The van der Waals surface area contributed by atoms with Gasteiger partial charge in [0, 0.05) is 36.2 Å². The van der Waals surface area contributed by atoms with Crippen molar-refractivity contribution in [1.82, 2.24) is 5.32 Å². The molecule has 1 aliphatic rings. The summed E-state index contributed by atoms with van der Waals surface area (Å²) < 4.78 is 0. The van der Waals surface area contributed by atoms with E-state index in [1.54, 1.807) is 6.07 Å². The van der Waals surface area contributed by atoms with E-state index in [0.717, 1.165) is 54.9 Å². The van der Waals surface area contributed by atoms with Gasteiger partial charge in [0.25, 0.3) is 5.91 Å². The number of anilines is 3. The van der Waals surface area contributed by atoms with E-state index in [9.17, 15) is 9.59 Å². The number of rotatable bonds is 7. The van der Waals surface area contributed by atoms with Crippen molar-refractivity contribution in [3.63, 3.8) is 0 Å². The monoisotopic (exact) mass is 498 g/mol. The van der Waals surface area contributed by atoms with Gasteiger partial charge >= 0.3 is 6.03 Å². The molecule has 6 heteroatoms. The van der Waals surface area contributed by atoms with Crippen LogP contribution in [0.1, 0.15) is 53.7 Å². The third-order valence-electron chi connectivity index (χ3n) is 7.09. The van der Waals surface area contributed by atoms with Crippen LogP contribution in [0.3, 0.4) is 0 Å². The summed E-state index contributed by atoms with van der Waals surface area (Å²) in [5.41, 5.74) is 6.37. The second kappa shape index (κ2) is 12.0. The zero-order valence-corrected chi connectivity index (χ0v) is 22.3. The van der Waals surface area contributed by atoms with E-state index < -0.39 is 0 Å². The van der Waals surface area contributed by atoms with E-state index >= 15 is 0 Å². The number of hydrogen-bond acceptors (Lipinski definition) is 3. The van der Waals surface area contributed by atoms with Crippen molar-refractivity contribution in [2.45, 2.75) is 53.0 Å². The standard InChI is InChI=1S/C31H38N4O2/c1-21(2)32-30(36)27-20-26(33-31(37)34-28-12-8-9-22(3)23(28)4)13-14-29(27)35-17-15-25(16-18-35)19-24-10-6-5-7-11-24/h5-14,20-21,25H,15-19H2,1-4H3,(H,32,36)(H2,33,34,37). The quantitative estimate of drug-likeness (QED) is 0.346. The second-order valence-electron chi connectivity index (χ2n) is 10.3. The van der Waals surface area contributed by atoms with Gasteiger partial charge in [-0.15, -0.1) is 0 Å². The average molecular weight is 499 g/mol. The number of benzene rings is 3. The molecule has 4 rings (SSSR count). The number of nitrogens with zero attached hydrogens (tertiary/aromatic N) is 1. The van der Waals surface area contributed by atoms with Crippen LogP contribution in [0.25, 0.3) is 0 Å². The number of aryl methyl sites for hydroxylation is 1. The van der Waals surface area contributed by atoms with Crippen LogP contribution >= 0.6 is 0 Å². The summed E-state index contributed by atoms with van der Waals surface area (Å²) in [5, 5.41) is 8.84. The molecule has 37 heavy (non-hydrogen) atoms. The Kier molecular flexibility index (Phi) is 8.49. The van der Waals surface area contributed by atoms with Crippen LogP contribution in [0.15, 0.2) is 66.7 Å². The first-order valence-electron chi connectivity index (χ1n) is 13.2. The second-order valence-corrected chi connectivity index (χ2v) is 10.3. The molecule has 3 N–H and O–H groups in total. The zero-order chi connectivity index (χ0) is 26.4.